The van der Waals surface area contributed by atoms with Crippen molar-refractivity contribution >= 4 is 11.9 Å². The molecule has 0 saturated heterocycles. The van der Waals surface area contributed by atoms with E-state index in [0.717, 1.165) is 11.4 Å². The lowest BCUT2D eigenvalue weighted by atomic mass is 9.87. The molecule has 18 heavy (non-hydrogen) atoms. The number of hydrogen-bond donors (Lipinski definition) is 0. The van der Waals surface area contributed by atoms with Crippen LogP contribution >= 0.6 is 0 Å². The normalized spacial score (nSPS) is 12.2. The number of aryl methyl sites for hydroxylation is 1. The second kappa shape index (κ2) is 4.81. The Balaban J connectivity index is 2.16. The molecular weight excluding hydrogens is 220 g/mol. The molecule has 0 spiro atoms. The van der Waals surface area contributed by atoms with Gasteiger partial charge >= 0.3 is 0 Å². The molecule has 2 rings (SSSR count). The summed E-state index contributed by atoms with van der Waals surface area (Å²) in [6, 6.07) is 12.5. The van der Waals surface area contributed by atoms with Crippen molar-refractivity contribution in [3.8, 4) is 0 Å². The highest BCUT2D eigenvalue weighted by Gasteiger charge is 2.12. The van der Waals surface area contributed by atoms with Crippen LogP contribution in [0.2, 0.25) is 0 Å². The molecule has 0 aliphatic heterocycles. The predicted octanol–water partition coefficient (Wildman–Crippen LogP) is 4.07. The van der Waals surface area contributed by atoms with Gasteiger partial charge in [-0.25, -0.2) is 0 Å². The Morgan fingerprint density at radius 3 is 2.22 bits per heavy atom. The third-order valence-corrected chi connectivity index (χ3v) is 3.06. The molecule has 0 aliphatic carbocycles. The number of aromatic nitrogens is 1. The minimum Gasteiger partial charge on any atom is -0.350 e. The predicted molar refractivity (Wildman–Crippen MR) is 77.8 cm³/mol. The van der Waals surface area contributed by atoms with Crippen molar-refractivity contribution in [1.82, 2.24) is 4.57 Å². The third kappa shape index (κ3) is 2.89. The van der Waals surface area contributed by atoms with Crippen molar-refractivity contribution < 1.29 is 0 Å². The first-order valence-corrected chi connectivity index (χ1v) is 6.23. The van der Waals surface area contributed by atoms with E-state index in [0.29, 0.717) is 0 Å². The molecule has 1 aromatic heterocycles. The number of benzene rings is 1. The Bertz CT molecular complexity index is 539. The van der Waals surface area contributed by atoms with E-state index in [1.807, 2.05) is 36.2 Å². The molecule has 94 valence electrons. The van der Waals surface area contributed by atoms with Crippen molar-refractivity contribution in [3.63, 3.8) is 0 Å². The van der Waals surface area contributed by atoms with Gasteiger partial charge in [0.05, 0.1) is 17.6 Å². The largest absolute Gasteiger partial charge is 0.350 e. The highest BCUT2D eigenvalue weighted by molar-refractivity contribution is 5.80. The molecule has 0 saturated carbocycles. The minimum absolute atomic E-state index is 0.195. The van der Waals surface area contributed by atoms with Crippen LogP contribution in [-0.4, -0.2) is 10.8 Å². The van der Waals surface area contributed by atoms with E-state index in [1.165, 1.54) is 5.56 Å². The molecule has 0 bridgehead atoms. The first-order chi connectivity index (χ1) is 8.47. The lowest BCUT2D eigenvalue weighted by Crippen LogP contribution is -2.10. The van der Waals surface area contributed by atoms with E-state index in [2.05, 4.69) is 50.0 Å². The summed E-state index contributed by atoms with van der Waals surface area (Å²) in [6.45, 7) is 6.65. The highest BCUT2D eigenvalue weighted by atomic mass is 14.9. The Morgan fingerprint density at radius 2 is 1.72 bits per heavy atom. The fourth-order valence-corrected chi connectivity index (χ4v) is 1.80. The molecule has 1 aromatic carbocycles. The van der Waals surface area contributed by atoms with Gasteiger partial charge in [0.15, 0.2) is 0 Å². The smallest absolute Gasteiger partial charge is 0.0630 e. The van der Waals surface area contributed by atoms with Gasteiger partial charge in [-0.05, 0) is 35.2 Å². The van der Waals surface area contributed by atoms with E-state index in [9.17, 15) is 0 Å². The molecule has 2 aromatic rings. The monoisotopic (exact) mass is 240 g/mol. The van der Waals surface area contributed by atoms with Crippen molar-refractivity contribution in [1.29, 1.82) is 0 Å². The maximum Gasteiger partial charge on any atom is 0.0630 e. The average Bonchev–Trinajstić information content (AvgIpc) is 2.72. The van der Waals surface area contributed by atoms with Gasteiger partial charge in [-0.1, -0.05) is 32.9 Å². The number of nitrogens with zero attached hydrogens (tertiary/aromatic N) is 2. The summed E-state index contributed by atoms with van der Waals surface area (Å²) in [5.41, 5.74) is 3.62. The number of hydrogen-bond acceptors (Lipinski definition) is 1. The SMILES string of the molecule is Cn1cccc1C=Nc1ccc(C(C)(C)C)cc1. The molecule has 0 aliphatic rings. The van der Waals surface area contributed by atoms with E-state index in [-0.39, 0.29) is 5.41 Å². The number of rotatable bonds is 2. The van der Waals surface area contributed by atoms with Crippen LogP contribution in [0.3, 0.4) is 0 Å². The Labute approximate surface area is 109 Å². The molecule has 0 atom stereocenters. The zero-order valence-electron chi connectivity index (χ0n) is 11.5. The maximum absolute atomic E-state index is 4.49. The quantitative estimate of drug-likeness (QED) is 0.704. The third-order valence-electron chi connectivity index (χ3n) is 3.06. The van der Waals surface area contributed by atoms with Crippen LogP contribution in [0.1, 0.15) is 32.0 Å². The highest BCUT2D eigenvalue weighted by Crippen LogP contribution is 2.24. The molecule has 0 radical (unpaired) electrons. The Morgan fingerprint density at radius 1 is 1.06 bits per heavy atom. The molecule has 1 heterocycles. The van der Waals surface area contributed by atoms with Crippen LogP contribution in [0.25, 0.3) is 0 Å². The van der Waals surface area contributed by atoms with Gasteiger partial charge in [0.1, 0.15) is 0 Å². The van der Waals surface area contributed by atoms with Crippen molar-refractivity contribution in [2.45, 2.75) is 26.2 Å². The van der Waals surface area contributed by atoms with Crippen LogP contribution in [0.5, 0.6) is 0 Å². The summed E-state index contributed by atoms with van der Waals surface area (Å²) in [7, 11) is 2.02. The maximum atomic E-state index is 4.49. The second-order valence-electron chi connectivity index (χ2n) is 5.60. The van der Waals surface area contributed by atoms with E-state index in [1.54, 1.807) is 0 Å². The standard InChI is InChI=1S/C16H20N2/c1-16(2,3)13-7-9-14(10-8-13)17-12-15-6-5-11-18(15)4/h5-12H,1-4H3. The van der Waals surface area contributed by atoms with Crippen molar-refractivity contribution in [2.75, 3.05) is 0 Å². The van der Waals surface area contributed by atoms with Crippen LogP contribution in [0, 0.1) is 0 Å². The van der Waals surface area contributed by atoms with Crippen LogP contribution in [-0.2, 0) is 12.5 Å². The first kappa shape index (κ1) is 12.6. The zero-order chi connectivity index (χ0) is 13.2. The minimum atomic E-state index is 0.195. The van der Waals surface area contributed by atoms with Crippen LogP contribution in [0.15, 0.2) is 47.6 Å². The van der Waals surface area contributed by atoms with Crippen LogP contribution < -0.4 is 0 Å². The summed E-state index contributed by atoms with van der Waals surface area (Å²) in [5, 5.41) is 0. The average molecular weight is 240 g/mol. The summed E-state index contributed by atoms with van der Waals surface area (Å²) in [4.78, 5) is 4.49. The summed E-state index contributed by atoms with van der Waals surface area (Å²) >= 11 is 0. The van der Waals surface area contributed by atoms with E-state index < -0.39 is 0 Å². The van der Waals surface area contributed by atoms with Gasteiger partial charge in [-0.2, -0.15) is 0 Å². The molecule has 0 amide bonds. The van der Waals surface area contributed by atoms with Gasteiger partial charge < -0.3 is 4.57 Å². The summed E-state index contributed by atoms with van der Waals surface area (Å²) in [6.07, 6.45) is 3.91. The van der Waals surface area contributed by atoms with Crippen molar-refractivity contribution in [3.05, 3.63) is 53.9 Å². The summed E-state index contributed by atoms with van der Waals surface area (Å²) in [5.74, 6) is 0. The zero-order valence-corrected chi connectivity index (χ0v) is 11.5. The van der Waals surface area contributed by atoms with Crippen molar-refractivity contribution in [2.24, 2.45) is 12.0 Å². The van der Waals surface area contributed by atoms with Gasteiger partial charge in [0.2, 0.25) is 0 Å². The first-order valence-electron chi connectivity index (χ1n) is 6.23. The fraction of sp³-hybridized carbons (Fsp3) is 0.312. The second-order valence-corrected chi connectivity index (χ2v) is 5.60. The molecule has 2 nitrogen and oxygen atoms in total. The van der Waals surface area contributed by atoms with Gasteiger partial charge in [0.25, 0.3) is 0 Å². The van der Waals surface area contributed by atoms with Gasteiger partial charge in [-0.3, -0.25) is 4.99 Å². The van der Waals surface area contributed by atoms with E-state index >= 15 is 0 Å². The molecular formula is C16H20N2. The Kier molecular flexibility index (Phi) is 3.37. The lowest BCUT2D eigenvalue weighted by Gasteiger charge is -2.18. The molecule has 0 fully saturated rings. The van der Waals surface area contributed by atoms with Gasteiger partial charge in [-0.15, -0.1) is 0 Å². The topological polar surface area (TPSA) is 17.3 Å². The lowest BCUT2D eigenvalue weighted by molar-refractivity contribution is 0.590. The fourth-order valence-electron chi connectivity index (χ4n) is 1.80. The van der Waals surface area contributed by atoms with Gasteiger partial charge in [0, 0.05) is 13.2 Å². The molecule has 0 N–H and O–H groups in total. The number of aliphatic imine (C=N–C) groups is 1. The Hall–Kier alpha value is -1.83. The molecule has 2 heteroatoms. The summed E-state index contributed by atoms with van der Waals surface area (Å²) < 4.78 is 2.05. The van der Waals surface area contributed by atoms with E-state index in [4.69, 9.17) is 0 Å². The molecule has 0 unspecified atom stereocenters. The van der Waals surface area contributed by atoms with Crippen LogP contribution in [0.4, 0.5) is 5.69 Å².